The molecule has 0 aliphatic rings. The molecule has 23 heavy (non-hydrogen) atoms. The lowest BCUT2D eigenvalue weighted by Crippen LogP contribution is -2.31. The highest BCUT2D eigenvalue weighted by Crippen LogP contribution is 2.19. The molecule has 0 spiro atoms. The molecule has 122 valence electrons. The molecule has 0 saturated carbocycles. The molecule has 0 fully saturated rings. The molecule has 2 aromatic carbocycles. The molecule has 0 aromatic heterocycles. The van der Waals surface area contributed by atoms with E-state index in [1.807, 2.05) is 38.1 Å². The van der Waals surface area contributed by atoms with E-state index in [0.717, 1.165) is 16.9 Å². The van der Waals surface area contributed by atoms with E-state index < -0.39 is 0 Å². The van der Waals surface area contributed by atoms with Crippen LogP contribution in [0.2, 0.25) is 0 Å². The molecule has 1 N–H and O–H groups in total. The van der Waals surface area contributed by atoms with E-state index in [-0.39, 0.29) is 18.6 Å². The van der Waals surface area contributed by atoms with Crippen molar-refractivity contribution in [1.82, 2.24) is 5.32 Å². The molecule has 0 bridgehead atoms. The van der Waals surface area contributed by atoms with Crippen LogP contribution in [0.1, 0.15) is 49.4 Å². The van der Waals surface area contributed by atoms with Crippen LogP contribution >= 0.6 is 0 Å². The van der Waals surface area contributed by atoms with Crippen LogP contribution in [0.3, 0.4) is 0 Å². The van der Waals surface area contributed by atoms with E-state index in [2.05, 4.69) is 43.4 Å². The van der Waals surface area contributed by atoms with Crippen LogP contribution in [0.5, 0.6) is 5.75 Å². The van der Waals surface area contributed by atoms with Gasteiger partial charge in [0.25, 0.3) is 5.91 Å². The van der Waals surface area contributed by atoms with Gasteiger partial charge in [-0.25, -0.2) is 0 Å². The highest BCUT2D eigenvalue weighted by atomic mass is 16.5. The molecular formula is C20H25NO2. The number of amides is 1. The minimum absolute atomic E-state index is 0.0271. The minimum atomic E-state index is -0.117. The third-order valence-electron chi connectivity index (χ3n) is 3.93. The van der Waals surface area contributed by atoms with Crippen molar-refractivity contribution in [2.75, 3.05) is 6.61 Å². The molecule has 2 rings (SSSR count). The molecular weight excluding hydrogens is 286 g/mol. The second-order valence-corrected chi connectivity index (χ2v) is 6.16. The van der Waals surface area contributed by atoms with Gasteiger partial charge in [-0.3, -0.25) is 4.79 Å². The van der Waals surface area contributed by atoms with Gasteiger partial charge in [0.1, 0.15) is 5.75 Å². The Balaban J connectivity index is 1.88. The van der Waals surface area contributed by atoms with Gasteiger partial charge in [-0.15, -0.1) is 0 Å². The van der Waals surface area contributed by atoms with Crippen molar-refractivity contribution >= 4 is 5.91 Å². The van der Waals surface area contributed by atoms with E-state index in [1.165, 1.54) is 5.56 Å². The molecule has 1 atom stereocenters. The highest BCUT2D eigenvalue weighted by molar-refractivity contribution is 5.78. The Kier molecular flexibility index (Phi) is 5.80. The highest BCUT2D eigenvalue weighted by Gasteiger charge is 2.11. The summed E-state index contributed by atoms with van der Waals surface area (Å²) in [4.78, 5) is 12.1. The summed E-state index contributed by atoms with van der Waals surface area (Å²) < 4.78 is 5.57. The van der Waals surface area contributed by atoms with Crippen LogP contribution in [0.25, 0.3) is 0 Å². The van der Waals surface area contributed by atoms with Gasteiger partial charge in [0.05, 0.1) is 6.04 Å². The molecule has 3 heteroatoms. The van der Waals surface area contributed by atoms with Crippen molar-refractivity contribution in [1.29, 1.82) is 0 Å². The fraction of sp³-hybridized carbons (Fsp3) is 0.350. The van der Waals surface area contributed by atoms with E-state index in [9.17, 15) is 4.79 Å². The van der Waals surface area contributed by atoms with Crippen LogP contribution in [-0.2, 0) is 4.79 Å². The molecule has 0 aliphatic carbocycles. The van der Waals surface area contributed by atoms with Gasteiger partial charge in [-0.05, 0) is 42.5 Å². The maximum absolute atomic E-state index is 12.1. The Morgan fingerprint density at radius 2 is 1.61 bits per heavy atom. The summed E-state index contributed by atoms with van der Waals surface area (Å²) >= 11 is 0. The van der Waals surface area contributed by atoms with Crippen LogP contribution in [-0.4, -0.2) is 12.5 Å². The zero-order valence-electron chi connectivity index (χ0n) is 14.3. The number of aryl methyl sites for hydroxylation is 1. The van der Waals surface area contributed by atoms with Crippen molar-refractivity contribution in [3.8, 4) is 5.75 Å². The Hall–Kier alpha value is -2.29. The quantitative estimate of drug-likeness (QED) is 0.860. The number of carbonyl (C=O) groups is 1. The van der Waals surface area contributed by atoms with Gasteiger partial charge in [0.2, 0.25) is 0 Å². The van der Waals surface area contributed by atoms with Crippen molar-refractivity contribution in [2.45, 2.75) is 39.7 Å². The first-order valence-electron chi connectivity index (χ1n) is 8.05. The van der Waals surface area contributed by atoms with Crippen molar-refractivity contribution in [3.63, 3.8) is 0 Å². The number of nitrogens with one attached hydrogen (secondary N) is 1. The number of benzene rings is 2. The van der Waals surface area contributed by atoms with Crippen LogP contribution in [0, 0.1) is 6.92 Å². The van der Waals surface area contributed by atoms with Crippen LogP contribution in [0.15, 0.2) is 48.5 Å². The molecule has 0 aliphatic heterocycles. The third kappa shape index (κ3) is 4.85. The number of hydrogen-bond donors (Lipinski definition) is 1. The summed E-state index contributed by atoms with van der Waals surface area (Å²) in [5, 5.41) is 2.97. The normalized spacial score (nSPS) is 12.0. The summed E-state index contributed by atoms with van der Waals surface area (Å²) in [5.74, 6) is 1.14. The molecule has 1 amide bonds. The van der Waals surface area contributed by atoms with Gasteiger partial charge in [-0.2, -0.15) is 0 Å². The predicted molar refractivity (Wildman–Crippen MR) is 93.8 cm³/mol. The first-order chi connectivity index (χ1) is 11.0. The first-order valence-corrected chi connectivity index (χ1v) is 8.05. The van der Waals surface area contributed by atoms with Gasteiger partial charge in [-0.1, -0.05) is 56.3 Å². The maximum Gasteiger partial charge on any atom is 0.258 e. The minimum Gasteiger partial charge on any atom is -0.484 e. The topological polar surface area (TPSA) is 38.3 Å². The zero-order chi connectivity index (χ0) is 16.8. The lowest BCUT2D eigenvalue weighted by molar-refractivity contribution is -0.123. The fourth-order valence-electron chi connectivity index (χ4n) is 2.40. The number of ether oxygens (including phenoxy) is 1. The number of carbonyl (C=O) groups excluding carboxylic acids is 1. The molecule has 3 nitrogen and oxygen atoms in total. The summed E-state index contributed by atoms with van der Waals surface area (Å²) in [5.41, 5.74) is 3.42. The fourth-order valence-corrected chi connectivity index (χ4v) is 2.40. The summed E-state index contributed by atoms with van der Waals surface area (Å²) in [6.45, 7) is 8.31. The Morgan fingerprint density at radius 1 is 1.00 bits per heavy atom. The standard InChI is InChI=1S/C20H25NO2/c1-14(2)17-9-11-18(12-10-17)16(4)21-20(22)13-23-19-8-6-5-7-15(19)3/h5-12,14,16H,13H2,1-4H3,(H,21,22). The Bertz CT molecular complexity index is 647. The lowest BCUT2D eigenvalue weighted by Gasteiger charge is -2.16. The largest absolute Gasteiger partial charge is 0.484 e. The van der Waals surface area contributed by atoms with Crippen molar-refractivity contribution in [2.24, 2.45) is 0 Å². The lowest BCUT2D eigenvalue weighted by atomic mass is 9.99. The van der Waals surface area contributed by atoms with Gasteiger partial charge < -0.3 is 10.1 Å². The summed E-state index contributed by atoms with van der Waals surface area (Å²) in [6.07, 6.45) is 0. The maximum atomic E-state index is 12.1. The second-order valence-electron chi connectivity index (χ2n) is 6.16. The van der Waals surface area contributed by atoms with Crippen molar-refractivity contribution < 1.29 is 9.53 Å². The van der Waals surface area contributed by atoms with E-state index in [0.29, 0.717) is 5.92 Å². The summed E-state index contributed by atoms with van der Waals surface area (Å²) in [7, 11) is 0. The Morgan fingerprint density at radius 3 is 2.22 bits per heavy atom. The third-order valence-corrected chi connectivity index (χ3v) is 3.93. The predicted octanol–water partition coefficient (Wildman–Crippen LogP) is 4.37. The average Bonchev–Trinajstić information content (AvgIpc) is 2.54. The van der Waals surface area contributed by atoms with E-state index in [4.69, 9.17) is 4.74 Å². The number of para-hydroxylation sites is 1. The molecule has 0 saturated heterocycles. The molecule has 2 aromatic rings. The average molecular weight is 311 g/mol. The molecule has 1 unspecified atom stereocenters. The number of hydrogen-bond acceptors (Lipinski definition) is 2. The molecule has 0 radical (unpaired) electrons. The smallest absolute Gasteiger partial charge is 0.258 e. The number of rotatable bonds is 6. The van der Waals surface area contributed by atoms with Gasteiger partial charge >= 0.3 is 0 Å². The van der Waals surface area contributed by atoms with E-state index >= 15 is 0 Å². The summed E-state index contributed by atoms with van der Waals surface area (Å²) in [6, 6.07) is 16.0. The van der Waals surface area contributed by atoms with Crippen LogP contribution < -0.4 is 10.1 Å². The SMILES string of the molecule is Cc1ccccc1OCC(=O)NC(C)c1ccc(C(C)C)cc1. The van der Waals surface area contributed by atoms with Gasteiger partial charge in [0.15, 0.2) is 6.61 Å². The zero-order valence-corrected chi connectivity index (χ0v) is 14.3. The van der Waals surface area contributed by atoms with Crippen LogP contribution in [0.4, 0.5) is 0 Å². The van der Waals surface area contributed by atoms with Gasteiger partial charge in [0, 0.05) is 0 Å². The second kappa shape index (κ2) is 7.82. The van der Waals surface area contributed by atoms with Crippen molar-refractivity contribution in [3.05, 3.63) is 65.2 Å². The monoisotopic (exact) mass is 311 g/mol. The first kappa shape index (κ1) is 17.1. The van der Waals surface area contributed by atoms with E-state index in [1.54, 1.807) is 0 Å². The Labute approximate surface area is 138 Å². The molecule has 0 heterocycles.